The predicted octanol–water partition coefficient (Wildman–Crippen LogP) is 6.19. The molecule has 0 radical (unpaired) electrons. The lowest BCUT2D eigenvalue weighted by atomic mass is 9.80. The SMILES string of the molecule is CCCCN1C(=O)[C@H](CC(C)C)NC(=O)C12CCN(Cc1ccc(Oc3ccc(CC(C)C)cc3)cc1)CC2. The van der Waals surface area contributed by atoms with E-state index in [-0.39, 0.29) is 11.8 Å². The number of ether oxygens (including phenoxy) is 1. The molecule has 2 aliphatic heterocycles. The fourth-order valence-corrected chi connectivity index (χ4v) is 5.95. The van der Waals surface area contributed by atoms with Gasteiger partial charge in [-0.3, -0.25) is 14.5 Å². The highest BCUT2D eigenvalue weighted by molar-refractivity contribution is 6.00. The van der Waals surface area contributed by atoms with Crippen molar-refractivity contribution < 1.29 is 14.3 Å². The van der Waals surface area contributed by atoms with Crippen molar-refractivity contribution in [2.75, 3.05) is 19.6 Å². The Bertz CT molecular complexity index is 1090. The molecular formula is C33H47N3O3. The number of carbonyl (C=O) groups excluding carboxylic acids is 2. The quantitative estimate of drug-likeness (QED) is 0.374. The van der Waals surface area contributed by atoms with Crippen LogP contribution in [0.2, 0.25) is 0 Å². The number of benzene rings is 2. The van der Waals surface area contributed by atoms with E-state index in [9.17, 15) is 9.59 Å². The van der Waals surface area contributed by atoms with Crippen molar-refractivity contribution in [2.45, 2.75) is 91.3 Å². The van der Waals surface area contributed by atoms with E-state index < -0.39 is 11.6 Å². The third-order valence-corrected chi connectivity index (χ3v) is 8.07. The third-order valence-electron chi connectivity index (χ3n) is 8.07. The standard InChI is InChI=1S/C33H47N3O3/c1-6-7-18-36-31(37)30(22-25(4)5)34-32(38)33(36)16-19-35(20-17-33)23-27-10-14-29(15-11-27)39-28-12-8-26(9-13-28)21-24(2)3/h8-15,24-25,30H,6-7,16-23H2,1-5H3,(H,34,38)/t30-/m0/s1. The van der Waals surface area contributed by atoms with Gasteiger partial charge < -0.3 is 15.0 Å². The Kier molecular flexibility index (Phi) is 9.71. The van der Waals surface area contributed by atoms with Crippen LogP contribution in [0, 0.1) is 11.8 Å². The first kappa shape index (κ1) is 29.1. The molecule has 2 saturated heterocycles. The number of likely N-dealkylation sites (tertiary alicyclic amines) is 1. The molecule has 0 aromatic heterocycles. The number of nitrogens with zero attached hydrogens (tertiary/aromatic N) is 2. The number of carbonyl (C=O) groups is 2. The number of piperidine rings is 1. The van der Waals surface area contributed by atoms with Crippen molar-refractivity contribution in [3.05, 3.63) is 59.7 Å². The fraction of sp³-hybridized carbons (Fsp3) is 0.576. The highest BCUT2D eigenvalue weighted by Gasteiger charge is 2.53. The summed E-state index contributed by atoms with van der Waals surface area (Å²) < 4.78 is 6.06. The van der Waals surface area contributed by atoms with Gasteiger partial charge in [0.05, 0.1) is 0 Å². The van der Waals surface area contributed by atoms with Crippen LogP contribution in [0.4, 0.5) is 0 Å². The Morgan fingerprint density at radius 1 is 0.897 bits per heavy atom. The van der Waals surface area contributed by atoms with Crippen molar-refractivity contribution >= 4 is 11.8 Å². The number of piperazine rings is 1. The van der Waals surface area contributed by atoms with E-state index >= 15 is 0 Å². The lowest BCUT2D eigenvalue weighted by molar-refractivity contribution is -0.161. The van der Waals surface area contributed by atoms with Gasteiger partial charge in [-0.2, -0.15) is 0 Å². The first-order valence-electron chi connectivity index (χ1n) is 14.9. The first-order valence-corrected chi connectivity index (χ1v) is 14.9. The van der Waals surface area contributed by atoms with Gasteiger partial charge in [0.15, 0.2) is 0 Å². The van der Waals surface area contributed by atoms with Gasteiger partial charge in [-0.05, 0) is 79.3 Å². The number of hydrogen-bond donors (Lipinski definition) is 1. The van der Waals surface area contributed by atoms with E-state index in [0.717, 1.165) is 50.4 Å². The molecule has 0 aliphatic carbocycles. The minimum absolute atomic E-state index is 0.0437. The Hall–Kier alpha value is -2.86. The van der Waals surface area contributed by atoms with Crippen LogP contribution in [0.3, 0.4) is 0 Å². The molecule has 6 nitrogen and oxygen atoms in total. The smallest absolute Gasteiger partial charge is 0.246 e. The van der Waals surface area contributed by atoms with Gasteiger partial charge >= 0.3 is 0 Å². The number of rotatable bonds is 11. The van der Waals surface area contributed by atoms with Crippen LogP contribution in [0.5, 0.6) is 11.5 Å². The van der Waals surface area contributed by atoms with Gasteiger partial charge in [-0.15, -0.1) is 0 Å². The number of nitrogens with one attached hydrogen (secondary N) is 1. The minimum atomic E-state index is -0.710. The van der Waals surface area contributed by atoms with Gasteiger partial charge in [-0.1, -0.05) is 65.3 Å². The molecule has 212 valence electrons. The average Bonchev–Trinajstić information content (AvgIpc) is 2.90. The second-order valence-electron chi connectivity index (χ2n) is 12.3. The molecular weight excluding hydrogens is 486 g/mol. The number of amides is 2. The zero-order valence-electron chi connectivity index (χ0n) is 24.5. The highest BCUT2D eigenvalue weighted by atomic mass is 16.5. The molecule has 2 heterocycles. The lowest BCUT2D eigenvalue weighted by Crippen LogP contribution is -2.73. The maximum Gasteiger partial charge on any atom is 0.246 e. The second-order valence-corrected chi connectivity index (χ2v) is 12.3. The molecule has 1 atom stereocenters. The van der Waals surface area contributed by atoms with Gasteiger partial charge in [0.1, 0.15) is 23.1 Å². The third kappa shape index (κ3) is 7.21. The molecule has 39 heavy (non-hydrogen) atoms. The van der Waals surface area contributed by atoms with Gasteiger partial charge in [0, 0.05) is 26.2 Å². The Balaban J connectivity index is 1.34. The fourth-order valence-electron chi connectivity index (χ4n) is 5.95. The van der Waals surface area contributed by atoms with Crippen LogP contribution >= 0.6 is 0 Å². The first-order chi connectivity index (χ1) is 18.7. The largest absolute Gasteiger partial charge is 0.457 e. The molecule has 2 fully saturated rings. The molecule has 6 heteroatoms. The zero-order valence-corrected chi connectivity index (χ0v) is 24.5. The van der Waals surface area contributed by atoms with E-state index in [4.69, 9.17) is 4.74 Å². The molecule has 0 unspecified atom stereocenters. The van der Waals surface area contributed by atoms with E-state index in [2.05, 4.69) is 69.1 Å². The summed E-state index contributed by atoms with van der Waals surface area (Å²) >= 11 is 0. The molecule has 2 aliphatic rings. The monoisotopic (exact) mass is 533 g/mol. The minimum Gasteiger partial charge on any atom is -0.457 e. The summed E-state index contributed by atoms with van der Waals surface area (Å²) in [5.41, 5.74) is 1.84. The van der Waals surface area contributed by atoms with Crippen molar-refractivity contribution in [1.29, 1.82) is 0 Å². The van der Waals surface area contributed by atoms with Gasteiger partial charge in [0.2, 0.25) is 11.8 Å². The molecule has 2 aromatic rings. The van der Waals surface area contributed by atoms with Crippen molar-refractivity contribution in [2.24, 2.45) is 11.8 Å². The summed E-state index contributed by atoms with van der Waals surface area (Å²) in [6.45, 7) is 13.9. The number of hydrogen-bond acceptors (Lipinski definition) is 4. The van der Waals surface area contributed by atoms with Crippen LogP contribution in [0.1, 0.15) is 77.8 Å². The zero-order chi connectivity index (χ0) is 28.0. The predicted molar refractivity (Wildman–Crippen MR) is 157 cm³/mol. The van der Waals surface area contributed by atoms with Crippen molar-refractivity contribution in [1.82, 2.24) is 15.1 Å². The van der Waals surface area contributed by atoms with E-state index in [0.29, 0.717) is 37.6 Å². The van der Waals surface area contributed by atoms with Crippen LogP contribution in [-0.4, -0.2) is 52.8 Å². The summed E-state index contributed by atoms with van der Waals surface area (Å²) in [5.74, 6) is 2.82. The molecule has 2 amide bonds. The van der Waals surface area contributed by atoms with Crippen LogP contribution in [0.15, 0.2) is 48.5 Å². The van der Waals surface area contributed by atoms with Crippen molar-refractivity contribution in [3.63, 3.8) is 0 Å². The van der Waals surface area contributed by atoms with Crippen LogP contribution in [-0.2, 0) is 22.6 Å². The van der Waals surface area contributed by atoms with Gasteiger partial charge in [0.25, 0.3) is 0 Å². The van der Waals surface area contributed by atoms with E-state index in [1.165, 1.54) is 11.1 Å². The maximum absolute atomic E-state index is 13.5. The van der Waals surface area contributed by atoms with E-state index in [1.54, 1.807) is 0 Å². The number of unbranched alkanes of at least 4 members (excludes halogenated alkanes) is 1. The molecule has 1 N–H and O–H groups in total. The molecule has 4 rings (SSSR count). The molecule has 1 spiro atoms. The summed E-state index contributed by atoms with van der Waals surface area (Å²) in [6.07, 6.45) is 5.05. The normalized spacial score (nSPS) is 19.7. The van der Waals surface area contributed by atoms with E-state index in [1.807, 2.05) is 29.2 Å². The molecule has 2 aromatic carbocycles. The maximum atomic E-state index is 13.5. The summed E-state index contributed by atoms with van der Waals surface area (Å²) in [5, 5.41) is 3.10. The highest BCUT2D eigenvalue weighted by Crippen LogP contribution is 2.35. The van der Waals surface area contributed by atoms with Gasteiger partial charge in [-0.25, -0.2) is 0 Å². The Morgan fingerprint density at radius 3 is 2.03 bits per heavy atom. The Morgan fingerprint density at radius 2 is 1.49 bits per heavy atom. The lowest BCUT2D eigenvalue weighted by Gasteiger charge is -2.52. The Labute approximate surface area is 235 Å². The summed E-state index contributed by atoms with van der Waals surface area (Å²) in [4.78, 5) is 31.3. The van der Waals surface area contributed by atoms with Crippen molar-refractivity contribution in [3.8, 4) is 11.5 Å². The topological polar surface area (TPSA) is 61.9 Å². The average molecular weight is 534 g/mol. The summed E-state index contributed by atoms with van der Waals surface area (Å²) in [6, 6.07) is 16.3. The molecule has 0 saturated carbocycles. The molecule has 0 bridgehead atoms. The summed E-state index contributed by atoms with van der Waals surface area (Å²) in [7, 11) is 0. The van der Waals surface area contributed by atoms with Crippen LogP contribution < -0.4 is 10.1 Å². The second kappa shape index (κ2) is 13.0. The van der Waals surface area contributed by atoms with Crippen LogP contribution in [0.25, 0.3) is 0 Å².